The highest BCUT2D eigenvalue weighted by atomic mass is 32.2. The van der Waals surface area contributed by atoms with E-state index in [1.54, 1.807) is 59.5 Å². The minimum atomic E-state index is -3.56. The number of hydrogen-bond donors (Lipinski definition) is 0. The van der Waals surface area contributed by atoms with Gasteiger partial charge in [-0.1, -0.05) is 43.5 Å². The van der Waals surface area contributed by atoms with Crippen LogP contribution in [0.25, 0.3) is 5.57 Å². The van der Waals surface area contributed by atoms with E-state index in [0.717, 1.165) is 0 Å². The van der Waals surface area contributed by atoms with Gasteiger partial charge in [-0.2, -0.15) is 4.31 Å². The highest BCUT2D eigenvalue weighted by molar-refractivity contribution is 7.89. The maximum atomic E-state index is 12.7. The van der Waals surface area contributed by atoms with Crippen molar-refractivity contribution in [3.8, 4) is 5.75 Å². The number of nitrogens with zero attached hydrogens (tertiary/aromatic N) is 2. The van der Waals surface area contributed by atoms with Crippen LogP contribution < -0.4 is 4.74 Å². The van der Waals surface area contributed by atoms with E-state index in [-0.39, 0.29) is 36.3 Å². The number of carbonyl (C=O) groups is 2. The molecule has 0 N–H and O–H groups in total. The number of sulfonamides is 1. The summed E-state index contributed by atoms with van der Waals surface area (Å²) in [7, 11) is -3.56. The SMILES string of the molecule is C=CC(=O)C(=C)c1ccc(OCC(=O)N2CCN(S(=O)(=O)c3ccccc3)CC2)cc1. The van der Waals surface area contributed by atoms with Gasteiger partial charge >= 0.3 is 0 Å². The summed E-state index contributed by atoms with van der Waals surface area (Å²) in [6.45, 7) is 8.09. The molecule has 31 heavy (non-hydrogen) atoms. The quantitative estimate of drug-likeness (QED) is 0.589. The van der Waals surface area contributed by atoms with Crippen molar-refractivity contribution >= 4 is 27.3 Å². The zero-order chi connectivity index (χ0) is 22.4. The molecule has 0 atom stereocenters. The fourth-order valence-corrected chi connectivity index (χ4v) is 4.62. The molecule has 1 aliphatic rings. The Kier molecular flexibility index (Phi) is 7.04. The third kappa shape index (κ3) is 5.28. The number of amides is 1. The van der Waals surface area contributed by atoms with Gasteiger partial charge < -0.3 is 9.64 Å². The van der Waals surface area contributed by atoms with Gasteiger partial charge in [-0.3, -0.25) is 9.59 Å². The molecular weight excluding hydrogens is 416 g/mol. The van der Waals surface area contributed by atoms with Crippen LogP contribution in [0.5, 0.6) is 5.75 Å². The fraction of sp³-hybridized carbons (Fsp3) is 0.217. The van der Waals surface area contributed by atoms with Gasteiger partial charge in [0.25, 0.3) is 5.91 Å². The molecule has 3 rings (SSSR count). The molecule has 0 unspecified atom stereocenters. The first-order valence-corrected chi connectivity index (χ1v) is 11.2. The average Bonchev–Trinajstić information content (AvgIpc) is 2.82. The van der Waals surface area contributed by atoms with E-state index < -0.39 is 10.0 Å². The van der Waals surface area contributed by atoms with Crippen molar-refractivity contribution in [1.82, 2.24) is 9.21 Å². The predicted octanol–water partition coefficient (Wildman–Crippen LogP) is 2.37. The molecular formula is C23H24N2O5S. The van der Waals surface area contributed by atoms with Crippen molar-refractivity contribution < 1.29 is 22.7 Å². The van der Waals surface area contributed by atoms with Gasteiger partial charge in [-0.05, 0) is 35.9 Å². The molecule has 2 aromatic rings. The van der Waals surface area contributed by atoms with E-state index in [4.69, 9.17) is 4.74 Å². The van der Waals surface area contributed by atoms with E-state index >= 15 is 0 Å². The van der Waals surface area contributed by atoms with Crippen LogP contribution in [0.3, 0.4) is 0 Å². The molecule has 2 aromatic carbocycles. The van der Waals surface area contributed by atoms with Crippen molar-refractivity contribution in [3.63, 3.8) is 0 Å². The third-order valence-corrected chi connectivity index (χ3v) is 6.93. The standard InChI is InChI=1S/C23H24N2O5S/c1-3-22(26)18(2)19-9-11-20(12-10-19)30-17-23(27)24-13-15-25(16-14-24)31(28,29)21-7-5-4-6-8-21/h3-12H,1-2,13-17H2. The van der Waals surface area contributed by atoms with Crippen LogP contribution in [0.2, 0.25) is 0 Å². The second-order valence-electron chi connectivity index (χ2n) is 6.96. The lowest BCUT2D eigenvalue weighted by Gasteiger charge is -2.34. The Morgan fingerprint density at radius 3 is 2.16 bits per heavy atom. The minimum absolute atomic E-state index is 0.155. The Balaban J connectivity index is 1.51. The van der Waals surface area contributed by atoms with Crippen LogP contribution in [0.1, 0.15) is 5.56 Å². The Bertz CT molecular complexity index is 1070. The summed E-state index contributed by atoms with van der Waals surface area (Å²) in [5, 5.41) is 0. The normalized spacial score (nSPS) is 14.6. The maximum Gasteiger partial charge on any atom is 0.260 e. The second-order valence-corrected chi connectivity index (χ2v) is 8.90. The Morgan fingerprint density at radius 1 is 0.968 bits per heavy atom. The first-order valence-electron chi connectivity index (χ1n) is 9.75. The number of benzene rings is 2. The van der Waals surface area contributed by atoms with Gasteiger partial charge in [-0.15, -0.1) is 0 Å². The van der Waals surface area contributed by atoms with Crippen molar-refractivity contribution in [2.24, 2.45) is 0 Å². The van der Waals surface area contributed by atoms with E-state index in [9.17, 15) is 18.0 Å². The van der Waals surface area contributed by atoms with Gasteiger partial charge in [0.15, 0.2) is 12.4 Å². The molecule has 1 aliphatic heterocycles. The van der Waals surface area contributed by atoms with Gasteiger partial charge in [0.05, 0.1) is 4.90 Å². The lowest BCUT2D eigenvalue weighted by molar-refractivity contribution is -0.134. The first-order chi connectivity index (χ1) is 14.8. The van der Waals surface area contributed by atoms with Crippen molar-refractivity contribution in [2.45, 2.75) is 4.90 Å². The fourth-order valence-electron chi connectivity index (χ4n) is 3.17. The summed E-state index contributed by atoms with van der Waals surface area (Å²) in [5.74, 6) is 0.0191. The van der Waals surface area contributed by atoms with E-state index in [0.29, 0.717) is 30.0 Å². The van der Waals surface area contributed by atoms with Crippen LogP contribution in [0, 0.1) is 0 Å². The summed E-state index contributed by atoms with van der Waals surface area (Å²) in [6, 6.07) is 15.0. The molecule has 162 valence electrons. The summed E-state index contributed by atoms with van der Waals surface area (Å²) in [6.07, 6.45) is 1.20. The highest BCUT2D eigenvalue weighted by Gasteiger charge is 2.30. The Labute approximate surface area is 182 Å². The molecule has 1 saturated heterocycles. The van der Waals surface area contributed by atoms with Crippen LogP contribution >= 0.6 is 0 Å². The summed E-state index contributed by atoms with van der Waals surface area (Å²) < 4.78 is 32.3. The minimum Gasteiger partial charge on any atom is -0.484 e. The lowest BCUT2D eigenvalue weighted by atomic mass is 10.0. The molecule has 1 amide bonds. The number of hydrogen-bond acceptors (Lipinski definition) is 5. The number of ether oxygens (including phenoxy) is 1. The molecule has 7 nitrogen and oxygen atoms in total. The van der Waals surface area contributed by atoms with Crippen LogP contribution in [0.15, 0.2) is 78.7 Å². The van der Waals surface area contributed by atoms with Crippen LogP contribution in [-0.4, -0.2) is 62.1 Å². The van der Waals surface area contributed by atoms with Gasteiger partial charge in [0.2, 0.25) is 10.0 Å². The molecule has 0 spiro atoms. The van der Waals surface area contributed by atoms with E-state index in [2.05, 4.69) is 13.2 Å². The highest BCUT2D eigenvalue weighted by Crippen LogP contribution is 2.20. The first kappa shape index (κ1) is 22.5. The molecule has 0 radical (unpaired) electrons. The zero-order valence-electron chi connectivity index (χ0n) is 17.1. The molecule has 0 bridgehead atoms. The predicted molar refractivity (Wildman–Crippen MR) is 118 cm³/mol. The van der Waals surface area contributed by atoms with Crippen molar-refractivity contribution in [2.75, 3.05) is 32.8 Å². The van der Waals surface area contributed by atoms with E-state index in [1.807, 2.05) is 0 Å². The number of allylic oxidation sites excluding steroid dienone is 2. The van der Waals surface area contributed by atoms with Crippen LogP contribution in [-0.2, 0) is 19.6 Å². The molecule has 1 heterocycles. The number of carbonyl (C=O) groups excluding carboxylic acids is 2. The maximum absolute atomic E-state index is 12.7. The average molecular weight is 441 g/mol. The summed E-state index contributed by atoms with van der Waals surface area (Å²) >= 11 is 0. The second kappa shape index (κ2) is 9.72. The molecule has 0 aromatic heterocycles. The summed E-state index contributed by atoms with van der Waals surface area (Å²) in [4.78, 5) is 25.9. The monoisotopic (exact) mass is 440 g/mol. The number of ketones is 1. The Morgan fingerprint density at radius 2 is 1.58 bits per heavy atom. The van der Waals surface area contributed by atoms with Gasteiger partial charge in [0, 0.05) is 31.8 Å². The third-order valence-electron chi connectivity index (χ3n) is 5.02. The number of piperazine rings is 1. The number of rotatable bonds is 8. The van der Waals surface area contributed by atoms with Gasteiger partial charge in [0.1, 0.15) is 5.75 Å². The zero-order valence-corrected chi connectivity index (χ0v) is 17.9. The summed E-state index contributed by atoms with van der Waals surface area (Å²) in [5.41, 5.74) is 0.986. The lowest BCUT2D eigenvalue weighted by Crippen LogP contribution is -2.51. The largest absolute Gasteiger partial charge is 0.484 e. The molecule has 0 saturated carbocycles. The van der Waals surface area contributed by atoms with Crippen molar-refractivity contribution in [3.05, 3.63) is 79.4 Å². The van der Waals surface area contributed by atoms with E-state index in [1.165, 1.54) is 10.4 Å². The van der Waals surface area contributed by atoms with Crippen LogP contribution in [0.4, 0.5) is 0 Å². The molecule has 1 fully saturated rings. The Hall–Kier alpha value is -3.23. The molecule has 8 heteroatoms. The van der Waals surface area contributed by atoms with Gasteiger partial charge in [-0.25, -0.2) is 8.42 Å². The van der Waals surface area contributed by atoms with Crippen molar-refractivity contribution in [1.29, 1.82) is 0 Å². The molecule has 0 aliphatic carbocycles. The smallest absolute Gasteiger partial charge is 0.260 e. The topological polar surface area (TPSA) is 84.0 Å².